The summed E-state index contributed by atoms with van der Waals surface area (Å²) in [6.07, 6.45) is 3.75. The van der Waals surface area contributed by atoms with Crippen molar-refractivity contribution in [2.45, 2.75) is 37.3 Å². The van der Waals surface area contributed by atoms with Gasteiger partial charge in [0.1, 0.15) is 5.82 Å². The third-order valence-electron chi connectivity index (χ3n) is 3.17. The Hall–Kier alpha value is -1.10. The SMILES string of the molecule is Nc1n[nH]c(C2CC3CCC2N3)n1. The lowest BCUT2D eigenvalue weighted by Gasteiger charge is -2.16. The predicted octanol–water partition coefficient (Wildman–Crippen LogP) is -0.00520. The van der Waals surface area contributed by atoms with Gasteiger partial charge in [0.15, 0.2) is 0 Å². The van der Waals surface area contributed by atoms with Gasteiger partial charge in [-0.3, -0.25) is 5.10 Å². The molecular weight excluding hydrogens is 166 g/mol. The summed E-state index contributed by atoms with van der Waals surface area (Å²) in [5.41, 5.74) is 5.47. The molecule has 1 aromatic heterocycles. The molecule has 3 atom stereocenters. The summed E-state index contributed by atoms with van der Waals surface area (Å²) >= 11 is 0. The summed E-state index contributed by atoms with van der Waals surface area (Å²) in [4.78, 5) is 4.18. The summed E-state index contributed by atoms with van der Waals surface area (Å²) in [5, 5.41) is 10.3. The van der Waals surface area contributed by atoms with Crippen LogP contribution in [0.4, 0.5) is 5.95 Å². The smallest absolute Gasteiger partial charge is 0.239 e. The van der Waals surface area contributed by atoms with Crippen LogP contribution in [0.5, 0.6) is 0 Å². The second kappa shape index (κ2) is 2.45. The van der Waals surface area contributed by atoms with E-state index >= 15 is 0 Å². The van der Waals surface area contributed by atoms with Crippen LogP contribution in [-0.2, 0) is 0 Å². The van der Waals surface area contributed by atoms with Crippen LogP contribution < -0.4 is 11.1 Å². The summed E-state index contributed by atoms with van der Waals surface area (Å²) in [5.74, 6) is 1.82. The van der Waals surface area contributed by atoms with E-state index in [1.165, 1.54) is 19.3 Å². The normalized spacial score (nSPS) is 37.1. The van der Waals surface area contributed by atoms with Gasteiger partial charge in [0.2, 0.25) is 5.95 Å². The first-order valence-corrected chi connectivity index (χ1v) is 4.77. The summed E-state index contributed by atoms with van der Waals surface area (Å²) in [7, 11) is 0. The number of anilines is 1. The molecule has 4 N–H and O–H groups in total. The van der Waals surface area contributed by atoms with E-state index in [-0.39, 0.29) is 0 Å². The largest absolute Gasteiger partial charge is 0.367 e. The van der Waals surface area contributed by atoms with Crippen LogP contribution in [0.3, 0.4) is 0 Å². The Morgan fingerprint density at radius 2 is 2.31 bits per heavy atom. The molecule has 0 aliphatic carbocycles. The Kier molecular flexibility index (Phi) is 1.38. The van der Waals surface area contributed by atoms with Gasteiger partial charge in [-0.2, -0.15) is 4.98 Å². The fourth-order valence-electron chi connectivity index (χ4n) is 2.58. The molecule has 13 heavy (non-hydrogen) atoms. The van der Waals surface area contributed by atoms with Crippen LogP contribution >= 0.6 is 0 Å². The fourth-order valence-corrected chi connectivity index (χ4v) is 2.58. The molecule has 0 radical (unpaired) electrons. The Balaban J connectivity index is 1.87. The highest BCUT2D eigenvalue weighted by atomic mass is 15.3. The first-order chi connectivity index (χ1) is 6.33. The molecule has 2 bridgehead atoms. The molecule has 0 amide bonds. The van der Waals surface area contributed by atoms with Crippen molar-refractivity contribution < 1.29 is 0 Å². The third kappa shape index (κ3) is 1.03. The monoisotopic (exact) mass is 179 g/mol. The van der Waals surface area contributed by atoms with E-state index in [1.54, 1.807) is 0 Å². The zero-order valence-electron chi connectivity index (χ0n) is 7.33. The minimum Gasteiger partial charge on any atom is -0.367 e. The average molecular weight is 179 g/mol. The standard InChI is InChI=1S/C8H13N5/c9-8-11-7(12-13-8)5-3-4-1-2-6(5)10-4/h4-6,10H,1-3H2,(H3,9,11,12,13). The maximum absolute atomic E-state index is 5.47. The van der Waals surface area contributed by atoms with Gasteiger partial charge >= 0.3 is 0 Å². The molecule has 3 rings (SSSR count). The van der Waals surface area contributed by atoms with Crippen LogP contribution in [0.2, 0.25) is 0 Å². The number of nitrogens with zero attached hydrogens (tertiary/aromatic N) is 2. The lowest BCUT2D eigenvalue weighted by Crippen LogP contribution is -2.22. The van der Waals surface area contributed by atoms with E-state index in [1.807, 2.05) is 0 Å². The minimum absolute atomic E-state index is 0.359. The van der Waals surface area contributed by atoms with Gasteiger partial charge < -0.3 is 11.1 Å². The second-order valence-corrected chi connectivity index (χ2v) is 3.97. The van der Waals surface area contributed by atoms with Gasteiger partial charge in [-0.25, -0.2) is 0 Å². The zero-order valence-corrected chi connectivity index (χ0v) is 7.33. The first-order valence-electron chi connectivity index (χ1n) is 4.77. The number of hydrogen-bond donors (Lipinski definition) is 3. The van der Waals surface area contributed by atoms with Gasteiger partial charge in [-0.1, -0.05) is 0 Å². The van der Waals surface area contributed by atoms with Crippen molar-refractivity contribution in [1.29, 1.82) is 0 Å². The van der Waals surface area contributed by atoms with E-state index in [4.69, 9.17) is 5.73 Å². The molecule has 0 aromatic carbocycles. The van der Waals surface area contributed by atoms with E-state index in [0.717, 1.165) is 5.82 Å². The van der Waals surface area contributed by atoms with Crippen molar-refractivity contribution in [3.05, 3.63) is 5.82 Å². The van der Waals surface area contributed by atoms with Crippen molar-refractivity contribution in [3.63, 3.8) is 0 Å². The van der Waals surface area contributed by atoms with Gasteiger partial charge in [0.25, 0.3) is 0 Å². The van der Waals surface area contributed by atoms with E-state index < -0.39 is 0 Å². The summed E-state index contributed by atoms with van der Waals surface area (Å²) < 4.78 is 0. The van der Waals surface area contributed by atoms with Crippen molar-refractivity contribution >= 4 is 5.95 Å². The molecule has 0 spiro atoms. The number of hydrogen-bond acceptors (Lipinski definition) is 4. The molecule has 2 fully saturated rings. The van der Waals surface area contributed by atoms with Crippen LogP contribution in [0.25, 0.3) is 0 Å². The highest BCUT2D eigenvalue weighted by Crippen LogP contribution is 2.38. The first kappa shape index (κ1) is 7.32. The summed E-state index contributed by atoms with van der Waals surface area (Å²) in [6.45, 7) is 0. The predicted molar refractivity (Wildman–Crippen MR) is 48.1 cm³/mol. The van der Waals surface area contributed by atoms with Crippen LogP contribution in [-0.4, -0.2) is 27.3 Å². The third-order valence-corrected chi connectivity index (χ3v) is 3.17. The molecule has 5 nitrogen and oxygen atoms in total. The Labute approximate surface area is 76.1 Å². The van der Waals surface area contributed by atoms with Gasteiger partial charge in [-0.05, 0) is 19.3 Å². The highest BCUT2D eigenvalue weighted by Gasteiger charge is 2.41. The van der Waals surface area contributed by atoms with Gasteiger partial charge in [0, 0.05) is 18.0 Å². The Morgan fingerprint density at radius 1 is 1.38 bits per heavy atom. The molecular formula is C8H13N5. The molecule has 0 saturated carbocycles. The van der Waals surface area contributed by atoms with Gasteiger partial charge in [0.05, 0.1) is 0 Å². The molecule has 70 valence electrons. The molecule has 2 aliphatic rings. The Bertz CT molecular complexity index is 320. The topological polar surface area (TPSA) is 79.6 Å². The quantitative estimate of drug-likeness (QED) is 0.566. The Morgan fingerprint density at radius 3 is 2.85 bits per heavy atom. The lowest BCUT2D eigenvalue weighted by atomic mass is 9.89. The fraction of sp³-hybridized carbons (Fsp3) is 0.750. The number of rotatable bonds is 1. The molecule has 2 saturated heterocycles. The van der Waals surface area contributed by atoms with Crippen LogP contribution in [0, 0.1) is 0 Å². The molecule has 5 heteroatoms. The number of aromatic nitrogens is 3. The van der Waals surface area contributed by atoms with Crippen molar-refractivity contribution in [3.8, 4) is 0 Å². The average Bonchev–Trinajstić information content (AvgIpc) is 2.77. The lowest BCUT2D eigenvalue weighted by molar-refractivity contribution is 0.488. The van der Waals surface area contributed by atoms with Crippen LogP contribution in [0.15, 0.2) is 0 Å². The maximum Gasteiger partial charge on any atom is 0.239 e. The van der Waals surface area contributed by atoms with E-state index in [2.05, 4.69) is 20.5 Å². The van der Waals surface area contributed by atoms with Crippen molar-refractivity contribution in [2.24, 2.45) is 0 Å². The zero-order chi connectivity index (χ0) is 8.84. The summed E-state index contributed by atoms with van der Waals surface area (Å²) in [6, 6.07) is 1.29. The minimum atomic E-state index is 0.359. The highest BCUT2D eigenvalue weighted by molar-refractivity contribution is 5.18. The number of nitrogens with one attached hydrogen (secondary N) is 2. The number of nitrogen functional groups attached to an aromatic ring is 1. The van der Waals surface area contributed by atoms with Crippen LogP contribution in [0.1, 0.15) is 31.0 Å². The molecule has 2 aliphatic heterocycles. The van der Waals surface area contributed by atoms with E-state index in [0.29, 0.717) is 23.9 Å². The molecule has 1 aromatic rings. The van der Waals surface area contributed by atoms with Crippen molar-refractivity contribution in [1.82, 2.24) is 20.5 Å². The maximum atomic E-state index is 5.47. The molecule has 3 heterocycles. The van der Waals surface area contributed by atoms with E-state index in [9.17, 15) is 0 Å². The van der Waals surface area contributed by atoms with Crippen molar-refractivity contribution in [2.75, 3.05) is 5.73 Å². The number of fused-ring (bicyclic) bond motifs is 2. The second-order valence-electron chi connectivity index (χ2n) is 3.97. The molecule has 3 unspecified atom stereocenters. The number of H-pyrrole nitrogens is 1. The number of aromatic amines is 1. The number of nitrogens with two attached hydrogens (primary N) is 1. The van der Waals surface area contributed by atoms with Gasteiger partial charge in [-0.15, -0.1) is 5.10 Å².